The molecule has 0 aliphatic carbocycles. The Labute approximate surface area is 96.6 Å². The molecule has 1 aliphatic heterocycles. The van der Waals surface area contributed by atoms with E-state index in [4.69, 9.17) is 9.84 Å². The predicted molar refractivity (Wildman–Crippen MR) is 63.3 cm³/mol. The number of ether oxygens (including phenoxy) is 1. The normalized spacial score (nSPS) is 22.2. The Hall–Kier alpha value is -0.900. The molecular weight excluding hydrogens is 202 g/mol. The number of hydrogen-bond donors (Lipinski definition) is 1. The highest BCUT2D eigenvalue weighted by molar-refractivity contribution is 5.25. The highest BCUT2D eigenvalue weighted by Crippen LogP contribution is 2.13. The Balaban J connectivity index is 1.97. The molecule has 0 aromatic heterocycles. The van der Waals surface area contributed by atoms with E-state index >= 15 is 0 Å². The van der Waals surface area contributed by atoms with Crippen molar-refractivity contribution in [1.29, 1.82) is 0 Å². The molecule has 1 aromatic rings. The Morgan fingerprint density at radius 1 is 1.44 bits per heavy atom. The minimum atomic E-state index is -0.0160. The Kier molecular flexibility index (Phi) is 3.93. The van der Waals surface area contributed by atoms with Gasteiger partial charge in [-0.25, -0.2) is 0 Å². The van der Waals surface area contributed by atoms with Crippen LogP contribution in [0.2, 0.25) is 0 Å². The molecule has 1 heterocycles. The molecule has 3 nitrogen and oxygen atoms in total. The molecule has 1 unspecified atom stereocenters. The molecule has 0 amide bonds. The molecule has 1 N–H and O–H groups in total. The Morgan fingerprint density at radius 3 is 3.00 bits per heavy atom. The summed E-state index contributed by atoms with van der Waals surface area (Å²) in [6.07, 6.45) is -0.0160. The highest BCUT2D eigenvalue weighted by Gasteiger charge is 2.19. The van der Waals surface area contributed by atoms with Crippen molar-refractivity contribution in [3.8, 4) is 0 Å². The zero-order chi connectivity index (χ0) is 11.4. The van der Waals surface area contributed by atoms with Crippen molar-refractivity contribution in [1.82, 2.24) is 4.90 Å². The minimum Gasteiger partial charge on any atom is -0.394 e. The zero-order valence-electron chi connectivity index (χ0n) is 9.72. The standard InChI is InChI=1S/C13H19NO2/c1-11-4-2-3-5-12(11)8-14-6-7-16-13(9-14)10-15/h2-5,13,15H,6-10H2,1H3. The van der Waals surface area contributed by atoms with Gasteiger partial charge in [-0.2, -0.15) is 0 Å². The molecular formula is C13H19NO2. The van der Waals surface area contributed by atoms with E-state index in [0.29, 0.717) is 0 Å². The van der Waals surface area contributed by atoms with Gasteiger partial charge in [-0.15, -0.1) is 0 Å². The smallest absolute Gasteiger partial charge is 0.0933 e. The van der Waals surface area contributed by atoms with E-state index in [9.17, 15) is 0 Å². The lowest BCUT2D eigenvalue weighted by molar-refractivity contribution is -0.0551. The maximum Gasteiger partial charge on any atom is 0.0933 e. The summed E-state index contributed by atoms with van der Waals surface area (Å²) in [4.78, 5) is 2.34. The molecule has 0 bridgehead atoms. The van der Waals surface area contributed by atoms with Crippen LogP contribution in [0.4, 0.5) is 0 Å². The predicted octanol–water partition coefficient (Wildman–Crippen LogP) is 1.19. The van der Waals surface area contributed by atoms with Crippen LogP contribution in [0.25, 0.3) is 0 Å². The third kappa shape index (κ3) is 2.82. The van der Waals surface area contributed by atoms with E-state index < -0.39 is 0 Å². The second-order valence-electron chi connectivity index (χ2n) is 4.34. The number of benzene rings is 1. The third-order valence-corrected chi connectivity index (χ3v) is 3.08. The lowest BCUT2D eigenvalue weighted by Gasteiger charge is -2.32. The summed E-state index contributed by atoms with van der Waals surface area (Å²) >= 11 is 0. The topological polar surface area (TPSA) is 32.7 Å². The average molecular weight is 221 g/mol. The number of aliphatic hydroxyl groups excluding tert-OH is 1. The molecule has 2 rings (SSSR count). The van der Waals surface area contributed by atoms with Gasteiger partial charge in [0.2, 0.25) is 0 Å². The highest BCUT2D eigenvalue weighted by atomic mass is 16.5. The van der Waals surface area contributed by atoms with Crippen LogP contribution in [0.3, 0.4) is 0 Å². The maximum absolute atomic E-state index is 9.08. The van der Waals surface area contributed by atoms with Crippen LogP contribution in [0.1, 0.15) is 11.1 Å². The zero-order valence-corrected chi connectivity index (χ0v) is 9.72. The number of aliphatic hydroxyl groups is 1. The SMILES string of the molecule is Cc1ccccc1CN1CCOC(CO)C1. The fraction of sp³-hybridized carbons (Fsp3) is 0.538. The molecule has 0 saturated carbocycles. The number of aryl methyl sites for hydroxylation is 1. The van der Waals surface area contributed by atoms with Crippen molar-refractivity contribution < 1.29 is 9.84 Å². The van der Waals surface area contributed by atoms with E-state index in [1.165, 1.54) is 11.1 Å². The van der Waals surface area contributed by atoms with Gasteiger partial charge in [-0.05, 0) is 18.1 Å². The minimum absolute atomic E-state index is 0.0160. The summed E-state index contributed by atoms with van der Waals surface area (Å²) < 4.78 is 5.43. The van der Waals surface area contributed by atoms with Gasteiger partial charge in [0.15, 0.2) is 0 Å². The molecule has 1 atom stereocenters. The first-order valence-corrected chi connectivity index (χ1v) is 5.79. The van der Waals surface area contributed by atoms with Gasteiger partial charge in [0.05, 0.1) is 19.3 Å². The van der Waals surface area contributed by atoms with Gasteiger partial charge in [-0.3, -0.25) is 4.90 Å². The lowest BCUT2D eigenvalue weighted by atomic mass is 10.1. The fourth-order valence-corrected chi connectivity index (χ4v) is 2.06. The van der Waals surface area contributed by atoms with Crippen molar-refractivity contribution >= 4 is 0 Å². The summed E-state index contributed by atoms with van der Waals surface area (Å²) in [6.45, 7) is 5.70. The molecule has 1 saturated heterocycles. The monoisotopic (exact) mass is 221 g/mol. The molecule has 3 heteroatoms. The first kappa shape index (κ1) is 11.6. The van der Waals surface area contributed by atoms with Crippen molar-refractivity contribution in [2.24, 2.45) is 0 Å². The van der Waals surface area contributed by atoms with Crippen molar-refractivity contribution in [3.05, 3.63) is 35.4 Å². The van der Waals surface area contributed by atoms with Gasteiger partial charge in [-0.1, -0.05) is 24.3 Å². The van der Waals surface area contributed by atoms with E-state index in [0.717, 1.165) is 26.2 Å². The number of morpholine rings is 1. The Morgan fingerprint density at radius 2 is 2.25 bits per heavy atom. The molecule has 16 heavy (non-hydrogen) atoms. The van der Waals surface area contributed by atoms with Crippen molar-refractivity contribution in [3.63, 3.8) is 0 Å². The van der Waals surface area contributed by atoms with Gasteiger partial charge >= 0.3 is 0 Å². The van der Waals surface area contributed by atoms with Gasteiger partial charge in [0.1, 0.15) is 0 Å². The Bertz CT molecular complexity index is 340. The van der Waals surface area contributed by atoms with E-state index in [2.05, 4.69) is 36.1 Å². The summed E-state index contributed by atoms with van der Waals surface area (Å²) in [5.74, 6) is 0. The second kappa shape index (κ2) is 5.43. The summed E-state index contributed by atoms with van der Waals surface area (Å²) in [5.41, 5.74) is 2.69. The van der Waals surface area contributed by atoms with Crippen LogP contribution < -0.4 is 0 Å². The van der Waals surface area contributed by atoms with Gasteiger partial charge in [0, 0.05) is 19.6 Å². The molecule has 1 aliphatic rings. The van der Waals surface area contributed by atoms with Crippen LogP contribution in [0.5, 0.6) is 0 Å². The third-order valence-electron chi connectivity index (χ3n) is 3.08. The first-order chi connectivity index (χ1) is 7.79. The van der Waals surface area contributed by atoms with Crippen LogP contribution >= 0.6 is 0 Å². The number of hydrogen-bond acceptors (Lipinski definition) is 3. The molecule has 0 radical (unpaired) electrons. The van der Waals surface area contributed by atoms with Crippen LogP contribution in [-0.2, 0) is 11.3 Å². The maximum atomic E-state index is 9.08. The molecule has 0 spiro atoms. The van der Waals surface area contributed by atoms with E-state index in [1.807, 2.05) is 0 Å². The molecule has 1 aromatic carbocycles. The van der Waals surface area contributed by atoms with Gasteiger partial charge in [0.25, 0.3) is 0 Å². The van der Waals surface area contributed by atoms with E-state index in [1.54, 1.807) is 0 Å². The summed E-state index contributed by atoms with van der Waals surface area (Å²) in [7, 11) is 0. The lowest BCUT2D eigenvalue weighted by Crippen LogP contribution is -2.43. The average Bonchev–Trinajstić information content (AvgIpc) is 2.32. The van der Waals surface area contributed by atoms with Crippen LogP contribution in [-0.4, -0.2) is 42.4 Å². The second-order valence-corrected chi connectivity index (χ2v) is 4.34. The largest absolute Gasteiger partial charge is 0.394 e. The summed E-state index contributed by atoms with van der Waals surface area (Å²) in [5, 5.41) is 9.08. The van der Waals surface area contributed by atoms with Crippen LogP contribution in [0.15, 0.2) is 24.3 Å². The van der Waals surface area contributed by atoms with Gasteiger partial charge < -0.3 is 9.84 Å². The molecule has 88 valence electrons. The number of rotatable bonds is 3. The summed E-state index contributed by atoms with van der Waals surface area (Å²) in [6, 6.07) is 8.44. The van der Waals surface area contributed by atoms with E-state index in [-0.39, 0.29) is 12.7 Å². The fourth-order valence-electron chi connectivity index (χ4n) is 2.06. The van der Waals surface area contributed by atoms with Crippen molar-refractivity contribution in [2.45, 2.75) is 19.6 Å². The number of nitrogens with zero attached hydrogens (tertiary/aromatic N) is 1. The van der Waals surface area contributed by atoms with Crippen molar-refractivity contribution in [2.75, 3.05) is 26.3 Å². The molecule has 1 fully saturated rings. The first-order valence-electron chi connectivity index (χ1n) is 5.79. The van der Waals surface area contributed by atoms with Crippen LogP contribution in [0, 0.1) is 6.92 Å². The quantitative estimate of drug-likeness (QED) is 0.832.